The molecule has 142 valence electrons. The van der Waals surface area contributed by atoms with Crippen LogP contribution in [-0.4, -0.2) is 37.6 Å². The maximum absolute atomic E-state index is 11.8. The number of ether oxygens (including phenoxy) is 1. The summed E-state index contributed by atoms with van der Waals surface area (Å²) in [5, 5.41) is 6.55. The number of guanidine groups is 1. The first-order valence-corrected chi connectivity index (χ1v) is 9.03. The van der Waals surface area contributed by atoms with Gasteiger partial charge in [-0.2, -0.15) is 0 Å². The highest BCUT2D eigenvalue weighted by molar-refractivity contribution is 5.95. The van der Waals surface area contributed by atoms with Crippen molar-refractivity contribution >= 4 is 17.6 Å². The van der Waals surface area contributed by atoms with Crippen LogP contribution >= 0.6 is 0 Å². The number of hydrogen-bond acceptors (Lipinski definition) is 4. The summed E-state index contributed by atoms with van der Waals surface area (Å²) in [5.41, 5.74) is 3.04. The number of anilines is 1. The van der Waals surface area contributed by atoms with Gasteiger partial charge in [-0.15, -0.1) is 0 Å². The zero-order valence-corrected chi connectivity index (χ0v) is 15.7. The minimum absolute atomic E-state index is 0.205. The number of carbonyl (C=O) groups is 1. The first-order valence-electron chi connectivity index (χ1n) is 9.03. The van der Waals surface area contributed by atoms with Crippen molar-refractivity contribution in [2.75, 3.05) is 25.6 Å². The van der Waals surface area contributed by atoms with E-state index in [1.165, 1.54) is 0 Å². The molecule has 0 aliphatic carbocycles. The van der Waals surface area contributed by atoms with E-state index < -0.39 is 0 Å². The molecule has 0 spiro atoms. The van der Waals surface area contributed by atoms with Crippen LogP contribution in [0.3, 0.4) is 0 Å². The molecule has 7 heteroatoms. The quantitative estimate of drug-likeness (QED) is 0.604. The van der Waals surface area contributed by atoms with Crippen molar-refractivity contribution in [2.24, 2.45) is 4.99 Å². The highest BCUT2D eigenvalue weighted by Crippen LogP contribution is 2.21. The SMILES string of the molecule is CN=C(NCc1ccc(N2CCCC2=O)cc1)NCc1cccnc1OC. The Labute approximate surface area is 159 Å². The van der Waals surface area contributed by atoms with Gasteiger partial charge in [0.05, 0.1) is 7.11 Å². The zero-order valence-electron chi connectivity index (χ0n) is 15.7. The summed E-state index contributed by atoms with van der Waals surface area (Å²) in [4.78, 5) is 22.1. The molecule has 1 amide bonds. The van der Waals surface area contributed by atoms with Gasteiger partial charge >= 0.3 is 0 Å². The number of carbonyl (C=O) groups excluding carboxylic acids is 1. The molecule has 1 aliphatic heterocycles. The molecule has 1 aliphatic rings. The Balaban J connectivity index is 1.52. The van der Waals surface area contributed by atoms with Gasteiger partial charge in [-0.25, -0.2) is 4.98 Å². The number of methoxy groups -OCH3 is 1. The fraction of sp³-hybridized carbons (Fsp3) is 0.350. The van der Waals surface area contributed by atoms with E-state index >= 15 is 0 Å². The predicted molar refractivity (Wildman–Crippen MR) is 106 cm³/mol. The van der Waals surface area contributed by atoms with E-state index in [0.29, 0.717) is 31.3 Å². The van der Waals surface area contributed by atoms with E-state index in [4.69, 9.17) is 4.74 Å². The van der Waals surface area contributed by atoms with Crippen molar-refractivity contribution in [1.82, 2.24) is 15.6 Å². The van der Waals surface area contributed by atoms with Crippen LogP contribution in [0.15, 0.2) is 47.6 Å². The molecule has 2 N–H and O–H groups in total. The molecule has 1 saturated heterocycles. The maximum atomic E-state index is 11.8. The summed E-state index contributed by atoms with van der Waals surface area (Å²) < 4.78 is 5.26. The Morgan fingerprint density at radius 1 is 1.22 bits per heavy atom. The lowest BCUT2D eigenvalue weighted by molar-refractivity contribution is -0.117. The van der Waals surface area contributed by atoms with Crippen LogP contribution in [0.25, 0.3) is 0 Å². The average molecular weight is 367 g/mol. The Kier molecular flexibility index (Phi) is 6.25. The monoisotopic (exact) mass is 367 g/mol. The number of amides is 1. The highest BCUT2D eigenvalue weighted by atomic mass is 16.5. The predicted octanol–water partition coefficient (Wildman–Crippen LogP) is 2.08. The Hall–Kier alpha value is -3.09. The Bertz CT molecular complexity index is 804. The Morgan fingerprint density at radius 2 is 2.00 bits per heavy atom. The van der Waals surface area contributed by atoms with Gasteiger partial charge in [-0.05, 0) is 30.2 Å². The van der Waals surface area contributed by atoms with Crippen LogP contribution in [0, 0.1) is 0 Å². The molecule has 0 atom stereocenters. The minimum Gasteiger partial charge on any atom is -0.481 e. The number of hydrogen-bond donors (Lipinski definition) is 2. The summed E-state index contributed by atoms with van der Waals surface area (Å²) in [7, 11) is 3.34. The van der Waals surface area contributed by atoms with Crippen molar-refractivity contribution in [3.05, 3.63) is 53.7 Å². The van der Waals surface area contributed by atoms with Crippen LogP contribution in [0.5, 0.6) is 5.88 Å². The molecule has 0 unspecified atom stereocenters. The second kappa shape index (κ2) is 9.02. The van der Waals surface area contributed by atoms with E-state index in [-0.39, 0.29) is 5.91 Å². The molecule has 1 fully saturated rings. The first kappa shape index (κ1) is 18.7. The van der Waals surface area contributed by atoms with E-state index in [1.54, 1.807) is 20.4 Å². The van der Waals surface area contributed by atoms with Gasteiger partial charge in [-0.3, -0.25) is 9.79 Å². The lowest BCUT2D eigenvalue weighted by Crippen LogP contribution is -2.36. The van der Waals surface area contributed by atoms with Gasteiger partial charge in [0.15, 0.2) is 5.96 Å². The number of benzene rings is 1. The second-order valence-corrected chi connectivity index (χ2v) is 6.27. The first-order chi connectivity index (χ1) is 13.2. The third-order valence-electron chi connectivity index (χ3n) is 4.49. The number of nitrogens with zero attached hydrogens (tertiary/aromatic N) is 3. The topological polar surface area (TPSA) is 78.9 Å². The van der Waals surface area contributed by atoms with Gasteiger partial charge in [0, 0.05) is 50.6 Å². The zero-order chi connectivity index (χ0) is 19.1. The summed E-state index contributed by atoms with van der Waals surface area (Å²) in [6.07, 6.45) is 3.29. The number of pyridine rings is 1. The van der Waals surface area contributed by atoms with Crippen molar-refractivity contribution in [1.29, 1.82) is 0 Å². The van der Waals surface area contributed by atoms with Crippen molar-refractivity contribution in [3.8, 4) is 5.88 Å². The van der Waals surface area contributed by atoms with E-state index in [2.05, 4.69) is 20.6 Å². The third kappa shape index (κ3) is 4.75. The summed E-state index contributed by atoms with van der Waals surface area (Å²) in [6, 6.07) is 11.9. The molecule has 0 radical (unpaired) electrons. The van der Waals surface area contributed by atoms with Crippen molar-refractivity contribution in [3.63, 3.8) is 0 Å². The molecule has 2 heterocycles. The summed E-state index contributed by atoms with van der Waals surface area (Å²) in [6.45, 7) is 2.01. The normalized spacial score (nSPS) is 14.4. The van der Waals surface area contributed by atoms with Gasteiger partial charge in [-0.1, -0.05) is 18.2 Å². The number of aliphatic imine (C=N–C) groups is 1. The molecular formula is C20H25N5O2. The van der Waals surface area contributed by atoms with Gasteiger partial charge in [0.2, 0.25) is 11.8 Å². The number of aromatic nitrogens is 1. The van der Waals surface area contributed by atoms with Crippen LogP contribution in [-0.2, 0) is 17.9 Å². The highest BCUT2D eigenvalue weighted by Gasteiger charge is 2.21. The second-order valence-electron chi connectivity index (χ2n) is 6.27. The summed E-state index contributed by atoms with van der Waals surface area (Å²) in [5.74, 6) is 1.50. The van der Waals surface area contributed by atoms with E-state index in [0.717, 1.165) is 29.8 Å². The smallest absolute Gasteiger partial charge is 0.227 e. The largest absolute Gasteiger partial charge is 0.481 e. The van der Waals surface area contributed by atoms with Crippen LogP contribution < -0.4 is 20.3 Å². The fourth-order valence-electron chi connectivity index (χ4n) is 3.04. The van der Waals surface area contributed by atoms with Crippen LogP contribution in [0.2, 0.25) is 0 Å². The fourth-order valence-corrected chi connectivity index (χ4v) is 3.04. The average Bonchev–Trinajstić information content (AvgIpc) is 3.14. The number of rotatable bonds is 6. The molecule has 1 aromatic heterocycles. The molecule has 0 bridgehead atoms. The van der Waals surface area contributed by atoms with E-state index in [1.807, 2.05) is 41.3 Å². The lowest BCUT2D eigenvalue weighted by Gasteiger charge is -2.16. The number of nitrogens with one attached hydrogen (secondary N) is 2. The van der Waals surface area contributed by atoms with Crippen molar-refractivity contribution in [2.45, 2.75) is 25.9 Å². The molecule has 0 saturated carbocycles. The van der Waals surface area contributed by atoms with E-state index in [9.17, 15) is 4.79 Å². The molecule has 3 rings (SSSR count). The molecule has 27 heavy (non-hydrogen) atoms. The standard InChI is InChI=1S/C20H25N5O2/c1-21-20(24-14-16-5-3-11-22-19(16)27-2)23-13-15-7-9-17(10-8-15)25-12-4-6-18(25)26/h3,5,7-11H,4,6,12-14H2,1-2H3,(H2,21,23,24). The van der Waals surface area contributed by atoms with Crippen LogP contribution in [0.1, 0.15) is 24.0 Å². The van der Waals surface area contributed by atoms with Crippen LogP contribution in [0.4, 0.5) is 5.69 Å². The van der Waals surface area contributed by atoms with Crippen molar-refractivity contribution < 1.29 is 9.53 Å². The van der Waals surface area contributed by atoms with Gasteiger partial charge in [0.25, 0.3) is 0 Å². The minimum atomic E-state index is 0.205. The molecule has 7 nitrogen and oxygen atoms in total. The lowest BCUT2D eigenvalue weighted by atomic mass is 10.2. The van der Waals surface area contributed by atoms with Gasteiger partial charge < -0.3 is 20.3 Å². The van der Waals surface area contributed by atoms with Gasteiger partial charge in [0.1, 0.15) is 0 Å². The molecule has 1 aromatic carbocycles. The maximum Gasteiger partial charge on any atom is 0.227 e. The summed E-state index contributed by atoms with van der Waals surface area (Å²) >= 11 is 0. The third-order valence-corrected chi connectivity index (χ3v) is 4.49. The molecular weight excluding hydrogens is 342 g/mol. The molecule has 2 aromatic rings. The Morgan fingerprint density at radius 3 is 2.67 bits per heavy atom.